The molecule has 0 saturated heterocycles. The van der Waals surface area contributed by atoms with Gasteiger partial charge in [-0.25, -0.2) is 0 Å². The molecule has 2 heterocycles. The van der Waals surface area contributed by atoms with Crippen molar-refractivity contribution in [3.8, 4) is 23.5 Å². The minimum absolute atomic E-state index is 0.0263. The van der Waals surface area contributed by atoms with Crippen molar-refractivity contribution in [1.29, 1.82) is 0 Å². The summed E-state index contributed by atoms with van der Waals surface area (Å²) < 4.78 is 2.75. The smallest absolute Gasteiger partial charge is 0.203 e. The molecule has 0 spiro atoms. The Morgan fingerprint density at radius 2 is 0.875 bits per heavy atom. The van der Waals surface area contributed by atoms with Gasteiger partial charge in [-0.2, -0.15) is 0 Å². The lowest BCUT2D eigenvalue weighted by Crippen LogP contribution is -2.12. The summed E-state index contributed by atoms with van der Waals surface area (Å²) >= 11 is 3.85. The van der Waals surface area contributed by atoms with E-state index >= 15 is 0 Å². The number of aliphatic hydroxyl groups is 2. The molecule has 8 nitrogen and oxygen atoms in total. The van der Waals surface area contributed by atoms with Gasteiger partial charge in [-0.1, -0.05) is 45.2 Å². The molecular formula is C14H12I2N2O6. The first-order valence-electron chi connectivity index (χ1n) is 6.55. The van der Waals surface area contributed by atoms with Gasteiger partial charge in [-0.05, 0) is 0 Å². The second-order valence-electron chi connectivity index (χ2n) is 4.98. The Morgan fingerprint density at radius 3 is 1.04 bits per heavy atom. The van der Waals surface area contributed by atoms with E-state index in [0.717, 1.165) is 0 Å². The number of aromatic nitrogens is 2. The van der Waals surface area contributed by atoms with Crippen LogP contribution in [0.3, 0.4) is 0 Å². The molecule has 0 amide bonds. The van der Waals surface area contributed by atoms with Crippen LogP contribution in [0.1, 0.15) is 0 Å². The third kappa shape index (κ3) is 1.95. The largest absolute Gasteiger partial charge is 0.515 e. The number of hydrogen-bond donors (Lipinski definition) is 6. The summed E-state index contributed by atoms with van der Waals surface area (Å²) in [5.41, 5.74) is 0. The van der Waals surface area contributed by atoms with Gasteiger partial charge in [-0.15, -0.1) is 0 Å². The lowest BCUT2D eigenvalue weighted by Gasteiger charge is -2.00. The maximum Gasteiger partial charge on any atom is 0.203 e. The molecule has 3 aromatic rings. The molecule has 0 atom stereocenters. The zero-order valence-corrected chi connectivity index (χ0v) is 16.2. The van der Waals surface area contributed by atoms with E-state index in [-0.39, 0.29) is 64.6 Å². The van der Waals surface area contributed by atoms with E-state index < -0.39 is 0 Å². The van der Waals surface area contributed by atoms with Crippen LogP contribution < -0.4 is 10.4 Å². The summed E-state index contributed by atoms with van der Waals surface area (Å²) in [7, 11) is 0. The van der Waals surface area contributed by atoms with Crippen LogP contribution in [0.5, 0.6) is 23.5 Å². The standard InChI is InChI=1S/C14H12I2N2O6/c15-3-17-11(21)7-5(1-19)8-10(6(2-20)9(7)13(17)23)14(24)18(4-16)12(8)22/h1-2,19-24H,3-4H2. The number of aliphatic hydroxyl groups excluding tert-OH is 2. The number of halogens is 2. The van der Waals surface area contributed by atoms with Gasteiger partial charge in [0, 0.05) is 10.4 Å². The molecule has 10 heteroatoms. The molecule has 0 radical (unpaired) electrons. The van der Waals surface area contributed by atoms with Crippen molar-refractivity contribution < 1.29 is 30.6 Å². The third-order valence-corrected chi connectivity index (χ3v) is 5.36. The maximum atomic E-state index is 10.4. The first-order chi connectivity index (χ1) is 11.4. The molecule has 24 heavy (non-hydrogen) atoms. The van der Waals surface area contributed by atoms with Crippen molar-refractivity contribution in [2.75, 3.05) is 0 Å². The number of alkyl halides is 2. The van der Waals surface area contributed by atoms with Gasteiger partial charge >= 0.3 is 0 Å². The quantitative estimate of drug-likeness (QED) is 0.210. The average Bonchev–Trinajstić information content (AvgIpc) is 2.97. The molecule has 6 N–H and O–H groups in total. The van der Waals surface area contributed by atoms with Crippen LogP contribution in [0.25, 0.3) is 34.1 Å². The average molecular weight is 558 g/mol. The normalized spacial score (nSPS) is 11.4. The highest BCUT2D eigenvalue weighted by atomic mass is 127. The van der Waals surface area contributed by atoms with E-state index in [1.54, 1.807) is 0 Å². The Kier molecular flexibility index (Phi) is 4.27. The van der Waals surface area contributed by atoms with Crippen molar-refractivity contribution in [1.82, 2.24) is 9.13 Å². The Bertz CT molecular complexity index is 941. The van der Waals surface area contributed by atoms with Crippen molar-refractivity contribution in [3.63, 3.8) is 0 Å². The lowest BCUT2D eigenvalue weighted by molar-refractivity contribution is 0.390. The summed E-state index contributed by atoms with van der Waals surface area (Å²) in [6.07, 6.45) is 1.36. The van der Waals surface area contributed by atoms with E-state index in [1.165, 1.54) is 9.13 Å². The van der Waals surface area contributed by atoms with Crippen LogP contribution >= 0.6 is 45.2 Å². The first-order valence-corrected chi connectivity index (χ1v) is 9.60. The molecule has 128 valence electrons. The number of nitrogens with zero attached hydrogens (tertiary/aromatic N) is 2. The van der Waals surface area contributed by atoms with E-state index in [1.807, 2.05) is 45.2 Å². The minimum atomic E-state index is -0.330. The molecule has 3 rings (SSSR count). The highest BCUT2D eigenvalue weighted by molar-refractivity contribution is 14.1. The Labute approximate surface area is 161 Å². The fourth-order valence-electron chi connectivity index (χ4n) is 2.94. The van der Waals surface area contributed by atoms with E-state index in [2.05, 4.69) is 0 Å². The van der Waals surface area contributed by atoms with Gasteiger partial charge in [-0.3, -0.25) is 9.13 Å². The second kappa shape index (κ2) is 5.98. The van der Waals surface area contributed by atoms with E-state index in [4.69, 9.17) is 0 Å². The SMILES string of the molecule is OC=c1c2c(O)n(CI)c(O)c2c(=CO)c2c(O)n(CI)c(O)c12. The van der Waals surface area contributed by atoms with Crippen LogP contribution in [0.2, 0.25) is 0 Å². The van der Waals surface area contributed by atoms with Gasteiger partial charge < -0.3 is 30.6 Å². The van der Waals surface area contributed by atoms with Gasteiger partial charge in [0.25, 0.3) is 0 Å². The topological polar surface area (TPSA) is 131 Å². The molecule has 0 saturated carbocycles. The predicted molar refractivity (Wildman–Crippen MR) is 106 cm³/mol. The van der Waals surface area contributed by atoms with E-state index in [0.29, 0.717) is 12.5 Å². The zero-order chi connectivity index (χ0) is 17.8. The van der Waals surface area contributed by atoms with Gasteiger partial charge in [0.1, 0.15) is 0 Å². The Morgan fingerprint density at radius 1 is 0.625 bits per heavy atom. The summed E-state index contributed by atoms with van der Waals surface area (Å²) in [4.78, 5) is 0. The number of hydrogen-bond acceptors (Lipinski definition) is 6. The molecule has 2 aromatic heterocycles. The van der Waals surface area contributed by atoms with Crippen LogP contribution in [0.15, 0.2) is 0 Å². The Hall–Kier alpha value is -1.70. The van der Waals surface area contributed by atoms with Crippen molar-refractivity contribution in [2.24, 2.45) is 0 Å². The molecule has 0 aliphatic heterocycles. The molecule has 0 unspecified atom stereocenters. The summed E-state index contributed by atoms with van der Waals surface area (Å²) in [6, 6.07) is 0. The second-order valence-corrected chi connectivity index (χ2v) is 6.34. The minimum Gasteiger partial charge on any atom is -0.515 e. The fourth-order valence-corrected chi connectivity index (χ4v) is 4.24. The first kappa shape index (κ1) is 17.1. The highest BCUT2D eigenvalue weighted by Crippen LogP contribution is 2.39. The highest BCUT2D eigenvalue weighted by Gasteiger charge is 2.26. The fraction of sp³-hybridized carbons (Fsp3) is 0.143. The Balaban J connectivity index is 2.85. The van der Waals surface area contributed by atoms with Crippen molar-refractivity contribution in [2.45, 2.75) is 9.10 Å². The molecule has 0 aliphatic carbocycles. The van der Waals surface area contributed by atoms with Crippen molar-refractivity contribution in [3.05, 3.63) is 10.4 Å². The summed E-state index contributed by atoms with van der Waals surface area (Å²) in [5, 5.41) is 61.3. The molecular weight excluding hydrogens is 546 g/mol. The number of benzene rings is 1. The molecule has 0 aliphatic rings. The third-order valence-electron chi connectivity index (χ3n) is 3.99. The summed E-state index contributed by atoms with van der Waals surface area (Å²) in [6.45, 7) is 0. The maximum absolute atomic E-state index is 10.4. The molecule has 0 bridgehead atoms. The number of aromatic hydroxyl groups is 4. The van der Waals surface area contributed by atoms with E-state index in [9.17, 15) is 30.6 Å². The van der Waals surface area contributed by atoms with Gasteiger partial charge in [0.2, 0.25) is 23.5 Å². The van der Waals surface area contributed by atoms with Crippen LogP contribution in [0.4, 0.5) is 0 Å². The molecule has 0 fully saturated rings. The van der Waals surface area contributed by atoms with Gasteiger partial charge in [0.15, 0.2) is 0 Å². The van der Waals surface area contributed by atoms with Gasteiger partial charge in [0.05, 0.1) is 43.2 Å². The number of fused-ring (bicyclic) bond motifs is 2. The van der Waals surface area contributed by atoms with Crippen LogP contribution in [-0.2, 0) is 9.10 Å². The lowest BCUT2D eigenvalue weighted by atomic mass is 10.0. The number of rotatable bonds is 2. The predicted octanol–water partition coefficient (Wildman–Crippen LogP) is 1.80. The van der Waals surface area contributed by atoms with Crippen LogP contribution in [0, 0.1) is 0 Å². The molecule has 1 aromatic carbocycles. The monoisotopic (exact) mass is 558 g/mol. The summed E-state index contributed by atoms with van der Waals surface area (Å²) in [5.74, 6) is -1.32. The zero-order valence-electron chi connectivity index (χ0n) is 11.9. The van der Waals surface area contributed by atoms with Crippen molar-refractivity contribution >= 4 is 79.3 Å². The van der Waals surface area contributed by atoms with Crippen LogP contribution in [-0.4, -0.2) is 39.8 Å².